The van der Waals surface area contributed by atoms with E-state index in [1.807, 2.05) is 30.3 Å². The van der Waals surface area contributed by atoms with Gasteiger partial charge in [-0.05, 0) is 126 Å². The van der Waals surface area contributed by atoms with Gasteiger partial charge in [0.2, 0.25) is 0 Å². The molecule has 47 heavy (non-hydrogen) atoms. The maximum atomic E-state index is 5.97. The van der Waals surface area contributed by atoms with Crippen LogP contribution in [-0.2, 0) is 0 Å². The Morgan fingerprint density at radius 3 is 1.26 bits per heavy atom. The number of para-hydroxylation sites is 1. The van der Waals surface area contributed by atoms with E-state index in [0.29, 0.717) is 0 Å². The number of hydrogen-bond acceptors (Lipinski definition) is 1. The summed E-state index contributed by atoms with van der Waals surface area (Å²) in [5.74, 6) is 1.87. The number of ether oxygens (including phenoxy) is 1. The monoisotopic (exact) mass is 660 g/mol. The first kappa shape index (κ1) is 33.1. The summed E-state index contributed by atoms with van der Waals surface area (Å²) in [6, 6.07) is 39.6. The summed E-state index contributed by atoms with van der Waals surface area (Å²) >= 11 is 0. The van der Waals surface area contributed by atoms with Crippen LogP contribution in [0.4, 0.5) is 0 Å². The van der Waals surface area contributed by atoms with Crippen molar-refractivity contribution in [2.24, 2.45) is 0 Å². The predicted octanol–water partition coefficient (Wildman–Crippen LogP) is 12.8. The maximum Gasteiger partial charge on any atom is 0.127 e. The second-order valence-electron chi connectivity index (χ2n) is 14.4. The zero-order valence-corrected chi connectivity index (χ0v) is 30.1. The zero-order valence-electron chi connectivity index (χ0n) is 28.3. The van der Waals surface area contributed by atoms with Gasteiger partial charge in [0.25, 0.3) is 0 Å². The quantitative estimate of drug-likeness (QED) is 0.162. The molecule has 246 valence electrons. The van der Waals surface area contributed by atoms with Gasteiger partial charge < -0.3 is 4.74 Å². The van der Waals surface area contributed by atoms with Gasteiger partial charge in [0.15, 0.2) is 0 Å². The highest BCUT2D eigenvalue weighted by molar-refractivity contribution is 7.67. The van der Waals surface area contributed by atoms with Crippen LogP contribution in [0.25, 0.3) is 11.1 Å². The van der Waals surface area contributed by atoms with Crippen LogP contribution in [0.3, 0.4) is 0 Å². The Bertz CT molecular complexity index is 1450. The van der Waals surface area contributed by atoms with E-state index in [2.05, 4.69) is 78.9 Å². The van der Waals surface area contributed by atoms with Gasteiger partial charge >= 0.3 is 0 Å². The van der Waals surface area contributed by atoms with Crippen molar-refractivity contribution in [1.82, 2.24) is 0 Å². The largest absolute Gasteiger partial charge is 0.457 e. The van der Waals surface area contributed by atoms with Gasteiger partial charge in [-0.1, -0.05) is 146 Å². The van der Waals surface area contributed by atoms with Crippen LogP contribution >= 0.6 is 15.8 Å². The van der Waals surface area contributed by atoms with E-state index in [4.69, 9.17) is 4.74 Å². The van der Waals surface area contributed by atoms with E-state index in [1.165, 1.54) is 114 Å². The normalized spacial score (nSPS) is 19.4. The van der Waals surface area contributed by atoms with Crippen molar-refractivity contribution in [2.45, 2.75) is 125 Å². The lowest BCUT2D eigenvalue weighted by molar-refractivity contribution is 0.483. The van der Waals surface area contributed by atoms with Crippen LogP contribution in [0.1, 0.15) is 103 Å². The fourth-order valence-corrected chi connectivity index (χ4v) is 16.6. The minimum Gasteiger partial charge on any atom is -0.457 e. The molecular formula is C44H54OP2. The highest BCUT2D eigenvalue weighted by Gasteiger charge is 2.35. The van der Waals surface area contributed by atoms with E-state index in [0.717, 1.165) is 34.1 Å². The first-order chi connectivity index (χ1) is 23.3. The number of rotatable bonds is 9. The third kappa shape index (κ3) is 8.59. The minimum atomic E-state index is 0.0148. The van der Waals surface area contributed by atoms with Crippen LogP contribution in [0.2, 0.25) is 0 Å². The lowest BCUT2D eigenvalue weighted by Crippen LogP contribution is -2.19. The average Bonchev–Trinajstić information content (AvgIpc) is 3.98. The van der Waals surface area contributed by atoms with Gasteiger partial charge in [-0.3, -0.25) is 0 Å². The number of benzene rings is 4. The molecule has 0 saturated heterocycles. The Hall–Kier alpha value is -2.46. The molecule has 4 fully saturated rings. The van der Waals surface area contributed by atoms with E-state index in [1.54, 1.807) is 10.6 Å². The number of hydrogen-bond donors (Lipinski definition) is 0. The van der Waals surface area contributed by atoms with Gasteiger partial charge in [0.05, 0.1) is 0 Å². The van der Waals surface area contributed by atoms with Crippen molar-refractivity contribution >= 4 is 26.5 Å². The molecule has 8 rings (SSSR count). The smallest absolute Gasteiger partial charge is 0.127 e. The Kier molecular flexibility index (Phi) is 11.8. The maximum absolute atomic E-state index is 5.97. The lowest BCUT2D eigenvalue weighted by atomic mass is 10.1. The van der Waals surface area contributed by atoms with Crippen LogP contribution in [-0.4, -0.2) is 22.6 Å². The van der Waals surface area contributed by atoms with Gasteiger partial charge in [-0.15, -0.1) is 0 Å². The summed E-state index contributed by atoms with van der Waals surface area (Å²) in [6.07, 6.45) is 23.5. The molecular weight excluding hydrogens is 606 g/mol. The standard InChI is InChI=1S/C22H27OP.C22H27P/c1-2-8-18(9-3-1)23-19-14-16-22(17-15-19)24(20-10-4-5-11-20)21-12-6-7-13-21;1-2-9-18(10-3-1)19-11-8-16-22(17-19)23(20-12-4-5-13-20)21-14-6-7-15-21/h1-3,8-9,14-17,20-21H,4-7,10-13H2;1-3,8-11,16-17,20-21H,4-7,12-15H2. The van der Waals surface area contributed by atoms with E-state index in [9.17, 15) is 0 Å². The third-order valence-corrected chi connectivity index (χ3v) is 18.2. The van der Waals surface area contributed by atoms with E-state index in [-0.39, 0.29) is 15.8 Å². The molecule has 0 radical (unpaired) electrons. The van der Waals surface area contributed by atoms with Gasteiger partial charge in [-0.2, -0.15) is 0 Å². The van der Waals surface area contributed by atoms with Crippen molar-refractivity contribution in [1.29, 1.82) is 0 Å². The summed E-state index contributed by atoms with van der Waals surface area (Å²) in [5, 5.41) is 3.30. The topological polar surface area (TPSA) is 9.23 Å². The molecule has 0 heterocycles. The van der Waals surface area contributed by atoms with Crippen molar-refractivity contribution in [3.05, 3.63) is 109 Å². The Morgan fingerprint density at radius 1 is 0.362 bits per heavy atom. The Morgan fingerprint density at radius 2 is 0.766 bits per heavy atom. The molecule has 0 unspecified atom stereocenters. The molecule has 0 bridgehead atoms. The van der Waals surface area contributed by atoms with Crippen molar-refractivity contribution in [3.8, 4) is 22.6 Å². The predicted molar refractivity (Wildman–Crippen MR) is 207 cm³/mol. The lowest BCUT2D eigenvalue weighted by Gasteiger charge is -2.31. The van der Waals surface area contributed by atoms with E-state index >= 15 is 0 Å². The van der Waals surface area contributed by atoms with Crippen molar-refractivity contribution < 1.29 is 4.74 Å². The molecule has 4 saturated carbocycles. The highest BCUT2D eigenvalue weighted by Crippen LogP contribution is 2.57. The highest BCUT2D eigenvalue weighted by atomic mass is 31.1. The van der Waals surface area contributed by atoms with Gasteiger partial charge in [-0.25, -0.2) is 0 Å². The fraction of sp³-hybridized carbons (Fsp3) is 0.455. The molecule has 4 aliphatic rings. The first-order valence-corrected chi connectivity index (χ1v) is 21.8. The summed E-state index contributed by atoms with van der Waals surface area (Å²) in [5.41, 5.74) is 6.72. The molecule has 0 spiro atoms. The SMILES string of the molecule is c1ccc(-c2cccc(P(C3CCCC3)C3CCCC3)c2)cc1.c1ccc(Oc2ccc(P(C3CCCC3)C3CCCC3)cc2)cc1. The Labute approximate surface area is 287 Å². The average molecular weight is 661 g/mol. The summed E-state index contributed by atoms with van der Waals surface area (Å²) in [7, 11) is 0.0502. The van der Waals surface area contributed by atoms with Crippen LogP contribution in [0, 0.1) is 0 Å². The zero-order chi connectivity index (χ0) is 31.7. The molecule has 0 N–H and O–H groups in total. The molecule has 3 heteroatoms. The molecule has 0 atom stereocenters. The van der Waals surface area contributed by atoms with Crippen LogP contribution in [0.15, 0.2) is 109 Å². The summed E-state index contributed by atoms with van der Waals surface area (Å²) in [6.45, 7) is 0. The molecule has 1 nitrogen and oxygen atoms in total. The molecule has 0 amide bonds. The van der Waals surface area contributed by atoms with Crippen molar-refractivity contribution in [2.75, 3.05) is 0 Å². The fourth-order valence-electron chi connectivity index (χ4n) is 8.96. The van der Waals surface area contributed by atoms with Gasteiger partial charge in [0, 0.05) is 0 Å². The Balaban J connectivity index is 0.000000150. The summed E-state index contributed by atoms with van der Waals surface area (Å²) < 4.78 is 5.97. The minimum absolute atomic E-state index is 0.0148. The second-order valence-corrected chi connectivity index (χ2v) is 20.0. The first-order valence-electron chi connectivity index (χ1n) is 18.9. The molecule has 0 aliphatic heterocycles. The summed E-state index contributed by atoms with van der Waals surface area (Å²) in [4.78, 5) is 0. The molecule has 4 aromatic carbocycles. The molecule has 0 aromatic heterocycles. The third-order valence-electron chi connectivity index (χ3n) is 11.2. The van der Waals surface area contributed by atoms with E-state index < -0.39 is 0 Å². The van der Waals surface area contributed by atoms with Crippen molar-refractivity contribution in [3.63, 3.8) is 0 Å². The van der Waals surface area contributed by atoms with Crippen LogP contribution < -0.4 is 15.3 Å². The molecule has 4 aliphatic carbocycles. The van der Waals surface area contributed by atoms with Gasteiger partial charge in [0.1, 0.15) is 11.5 Å². The second kappa shape index (κ2) is 16.8. The molecule has 4 aromatic rings. The van der Waals surface area contributed by atoms with Crippen LogP contribution in [0.5, 0.6) is 11.5 Å².